The van der Waals surface area contributed by atoms with Crippen LogP contribution in [0.15, 0.2) is 48.5 Å². The van der Waals surface area contributed by atoms with Gasteiger partial charge in [-0.25, -0.2) is 4.68 Å². The molecule has 0 atom stereocenters. The molecule has 1 heterocycles. The number of aryl methyl sites for hydroxylation is 2. The van der Waals surface area contributed by atoms with Gasteiger partial charge in [-0.3, -0.25) is 4.79 Å². The molecule has 0 aliphatic heterocycles. The fraction of sp³-hybridized carbons (Fsp3) is 0.333. The van der Waals surface area contributed by atoms with Crippen LogP contribution in [0.1, 0.15) is 32.9 Å². The largest absolute Gasteiger partial charge is 0.491 e. The minimum absolute atomic E-state index is 0.0605. The number of nitrogens with zero attached hydrogens (tertiary/aromatic N) is 3. The molecule has 0 N–H and O–H groups in total. The first-order valence-electron chi connectivity index (χ1n) is 10.0. The standard InChI is InChI=1S/C24H29N3O3/c1-17-9-6-7-12-23(17)27-19(3)22(18(2)25-27)16-26(4)24(28)20-10-8-11-21(15-20)30-14-13-29-5/h6-12,15H,13-14,16H2,1-5H3. The van der Waals surface area contributed by atoms with Crippen molar-refractivity contribution in [2.75, 3.05) is 27.4 Å². The van der Waals surface area contributed by atoms with Crippen molar-refractivity contribution in [1.82, 2.24) is 14.7 Å². The van der Waals surface area contributed by atoms with Crippen LogP contribution in [0, 0.1) is 20.8 Å². The van der Waals surface area contributed by atoms with E-state index in [1.807, 2.05) is 49.8 Å². The van der Waals surface area contributed by atoms with Crippen LogP contribution in [0.4, 0.5) is 0 Å². The normalized spacial score (nSPS) is 10.8. The van der Waals surface area contributed by atoms with E-state index in [1.54, 1.807) is 24.1 Å². The van der Waals surface area contributed by atoms with Crippen LogP contribution in [-0.2, 0) is 11.3 Å². The van der Waals surface area contributed by atoms with E-state index < -0.39 is 0 Å². The predicted octanol–water partition coefficient (Wildman–Crippen LogP) is 4.09. The van der Waals surface area contributed by atoms with Gasteiger partial charge in [-0.05, 0) is 50.6 Å². The number of rotatable bonds is 8. The molecule has 0 fully saturated rings. The monoisotopic (exact) mass is 407 g/mol. The van der Waals surface area contributed by atoms with Crippen molar-refractivity contribution in [1.29, 1.82) is 0 Å². The second kappa shape index (κ2) is 9.59. The Morgan fingerprint density at radius 3 is 2.57 bits per heavy atom. The minimum Gasteiger partial charge on any atom is -0.491 e. The second-order valence-electron chi connectivity index (χ2n) is 7.38. The maximum Gasteiger partial charge on any atom is 0.254 e. The number of carbonyl (C=O) groups is 1. The van der Waals surface area contributed by atoms with Crippen molar-refractivity contribution in [2.45, 2.75) is 27.3 Å². The molecule has 3 rings (SSSR count). The van der Waals surface area contributed by atoms with Gasteiger partial charge in [0.1, 0.15) is 12.4 Å². The van der Waals surface area contributed by atoms with Crippen molar-refractivity contribution in [2.24, 2.45) is 0 Å². The lowest BCUT2D eigenvalue weighted by Crippen LogP contribution is -2.26. The molecular weight excluding hydrogens is 378 g/mol. The number of amides is 1. The second-order valence-corrected chi connectivity index (χ2v) is 7.38. The lowest BCUT2D eigenvalue weighted by molar-refractivity contribution is 0.0784. The number of hydrogen-bond acceptors (Lipinski definition) is 4. The van der Waals surface area contributed by atoms with Crippen molar-refractivity contribution in [3.63, 3.8) is 0 Å². The smallest absolute Gasteiger partial charge is 0.254 e. The zero-order valence-corrected chi connectivity index (χ0v) is 18.3. The van der Waals surface area contributed by atoms with E-state index >= 15 is 0 Å². The summed E-state index contributed by atoms with van der Waals surface area (Å²) in [5, 5.41) is 4.73. The molecule has 0 aliphatic rings. The maximum absolute atomic E-state index is 13.0. The summed E-state index contributed by atoms with van der Waals surface area (Å²) in [4.78, 5) is 14.7. The van der Waals surface area contributed by atoms with Crippen LogP contribution in [0.25, 0.3) is 5.69 Å². The number of hydrogen-bond donors (Lipinski definition) is 0. The van der Waals surface area contributed by atoms with Crippen molar-refractivity contribution in [3.05, 3.63) is 76.6 Å². The van der Waals surface area contributed by atoms with E-state index in [4.69, 9.17) is 14.6 Å². The van der Waals surface area contributed by atoms with Gasteiger partial charge >= 0.3 is 0 Å². The van der Waals surface area contributed by atoms with Crippen LogP contribution in [-0.4, -0.2) is 48.0 Å². The van der Waals surface area contributed by atoms with E-state index in [1.165, 1.54) is 0 Å². The number of carbonyl (C=O) groups excluding carboxylic acids is 1. The number of aromatic nitrogens is 2. The lowest BCUT2D eigenvalue weighted by atomic mass is 10.1. The van der Waals surface area contributed by atoms with Crippen molar-refractivity contribution >= 4 is 5.91 Å². The maximum atomic E-state index is 13.0. The molecule has 1 aromatic heterocycles. The summed E-state index contributed by atoms with van der Waals surface area (Å²) in [6.45, 7) is 7.53. The molecule has 6 heteroatoms. The molecule has 2 aromatic carbocycles. The van der Waals surface area contributed by atoms with E-state index in [0.717, 1.165) is 28.2 Å². The molecule has 6 nitrogen and oxygen atoms in total. The summed E-state index contributed by atoms with van der Waals surface area (Å²) in [7, 11) is 3.44. The number of methoxy groups -OCH3 is 1. The highest BCUT2D eigenvalue weighted by Gasteiger charge is 2.19. The third kappa shape index (κ3) is 4.71. The van der Waals surface area contributed by atoms with Gasteiger partial charge in [0, 0.05) is 37.5 Å². The molecule has 0 radical (unpaired) electrons. The summed E-state index contributed by atoms with van der Waals surface area (Å²) in [6.07, 6.45) is 0. The summed E-state index contributed by atoms with van der Waals surface area (Å²) in [5.41, 5.74) is 5.82. The number of para-hydroxylation sites is 1. The van der Waals surface area contributed by atoms with E-state index in [2.05, 4.69) is 19.1 Å². The molecule has 0 saturated heterocycles. The number of benzene rings is 2. The van der Waals surface area contributed by atoms with E-state index in [0.29, 0.717) is 31.1 Å². The fourth-order valence-corrected chi connectivity index (χ4v) is 3.43. The first kappa shape index (κ1) is 21.6. The summed E-state index contributed by atoms with van der Waals surface area (Å²) in [6, 6.07) is 15.4. The van der Waals surface area contributed by atoms with Gasteiger partial charge in [0.2, 0.25) is 0 Å². The zero-order chi connectivity index (χ0) is 21.7. The summed E-state index contributed by atoms with van der Waals surface area (Å²) >= 11 is 0. The molecule has 158 valence electrons. The molecule has 3 aromatic rings. The average Bonchev–Trinajstić information content (AvgIpc) is 3.02. The molecule has 0 spiro atoms. The summed E-state index contributed by atoms with van der Waals surface area (Å²) in [5.74, 6) is 0.598. The Balaban J connectivity index is 1.78. The molecule has 30 heavy (non-hydrogen) atoms. The molecule has 0 bridgehead atoms. The molecule has 0 saturated carbocycles. The number of ether oxygens (including phenoxy) is 2. The van der Waals surface area contributed by atoms with Crippen LogP contribution in [0.5, 0.6) is 5.75 Å². The van der Waals surface area contributed by atoms with Crippen LogP contribution < -0.4 is 4.74 Å². The minimum atomic E-state index is -0.0605. The van der Waals surface area contributed by atoms with Crippen LogP contribution in [0.2, 0.25) is 0 Å². The van der Waals surface area contributed by atoms with Crippen LogP contribution >= 0.6 is 0 Å². The Bertz CT molecular complexity index is 1030. The Morgan fingerprint density at radius 2 is 1.83 bits per heavy atom. The van der Waals surface area contributed by atoms with E-state index in [9.17, 15) is 4.79 Å². The highest BCUT2D eigenvalue weighted by molar-refractivity contribution is 5.94. The molecule has 0 unspecified atom stereocenters. The van der Waals surface area contributed by atoms with Gasteiger partial charge in [0.15, 0.2) is 0 Å². The van der Waals surface area contributed by atoms with Gasteiger partial charge in [-0.1, -0.05) is 24.3 Å². The molecular formula is C24H29N3O3. The van der Waals surface area contributed by atoms with Gasteiger partial charge in [-0.15, -0.1) is 0 Å². The topological polar surface area (TPSA) is 56.6 Å². The first-order valence-corrected chi connectivity index (χ1v) is 10.0. The van der Waals surface area contributed by atoms with Gasteiger partial charge in [-0.2, -0.15) is 5.10 Å². The Morgan fingerprint density at radius 1 is 1.07 bits per heavy atom. The first-order chi connectivity index (χ1) is 14.4. The summed E-state index contributed by atoms with van der Waals surface area (Å²) < 4.78 is 12.6. The third-order valence-corrected chi connectivity index (χ3v) is 5.16. The fourth-order valence-electron chi connectivity index (χ4n) is 3.43. The average molecular weight is 408 g/mol. The van der Waals surface area contributed by atoms with Crippen molar-refractivity contribution < 1.29 is 14.3 Å². The third-order valence-electron chi connectivity index (χ3n) is 5.16. The zero-order valence-electron chi connectivity index (χ0n) is 18.3. The lowest BCUT2D eigenvalue weighted by Gasteiger charge is -2.18. The highest BCUT2D eigenvalue weighted by Crippen LogP contribution is 2.22. The Labute approximate surface area is 178 Å². The Hall–Kier alpha value is -3.12. The van der Waals surface area contributed by atoms with Gasteiger partial charge < -0.3 is 14.4 Å². The Kier molecular flexibility index (Phi) is 6.90. The predicted molar refractivity (Wildman–Crippen MR) is 117 cm³/mol. The highest BCUT2D eigenvalue weighted by atomic mass is 16.5. The SMILES string of the molecule is COCCOc1cccc(C(=O)N(C)Cc2c(C)nn(-c3ccccc3C)c2C)c1. The van der Waals surface area contributed by atoms with Crippen LogP contribution in [0.3, 0.4) is 0 Å². The van der Waals surface area contributed by atoms with Crippen molar-refractivity contribution in [3.8, 4) is 11.4 Å². The van der Waals surface area contributed by atoms with Gasteiger partial charge in [0.25, 0.3) is 5.91 Å². The molecule has 0 aliphatic carbocycles. The molecule has 1 amide bonds. The van der Waals surface area contributed by atoms with E-state index in [-0.39, 0.29) is 5.91 Å². The quantitative estimate of drug-likeness (QED) is 0.528. The van der Waals surface area contributed by atoms with Gasteiger partial charge in [0.05, 0.1) is 18.0 Å².